The fraction of sp³-hybridized carbons (Fsp3) is 0.182. The van der Waals surface area contributed by atoms with Crippen molar-refractivity contribution in [2.24, 2.45) is 0 Å². The average molecular weight is 411 g/mol. The van der Waals surface area contributed by atoms with Crippen molar-refractivity contribution in [2.75, 3.05) is 11.6 Å². The molecule has 0 aliphatic carbocycles. The smallest absolute Gasteiger partial charge is 0.339 e. The molecule has 150 valence electrons. The topological polar surface area (TPSA) is 89.5 Å². The van der Waals surface area contributed by atoms with E-state index in [-0.39, 0.29) is 10.5 Å². The number of amides is 1. The van der Waals surface area contributed by atoms with Crippen LogP contribution < -0.4 is 5.32 Å². The summed E-state index contributed by atoms with van der Waals surface area (Å²) in [4.78, 5) is 25.1. The second-order valence-electron chi connectivity index (χ2n) is 6.81. The maximum atomic E-state index is 12.5. The van der Waals surface area contributed by atoms with Crippen LogP contribution in [0.3, 0.4) is 0 Å². The Hall–Kier alpha value is -3.19. The lowest BCUT2D eigenvalue weighted by Gasteiger charge is -2.16. The molecule has 0 unspecified atom stereocenters. The highest BCUT2D eigenvalue weighted by Crippen LogP contribution is 2.23. The van der Waals surface area contributed by atoms with E-state index in [1.54, 1.807) is 13.0 Å². The lowest BCUT2D eigenvalue weighted by Crippen LogP contribution is -2.30. The normalized spacial score (nSPS) is 12.4. The van der Waals surface area contributed by atoms with Gasteiger partial charge in [-0.2, -0.15) is 0 Å². The molecule has 7 heteroatoms. The lowest BCUT2D eigenvalue weighted by molar-refractivity contribution is -0.123. The molecule has 3 aromatic rings. The largest absolute Gasteiger partial charge is 0.449 e. The van der Waals surface area contributed by atoms with Crippen LogP contribution >= 0.6 is 0 Å². The van der Waals surface area contributed by atoms with Crippen LogP contribution in [-0.2, 0) is 19.4 Å². The molecule has 1 N–H and O–H groups in total. The van der Waals surface area contributed by atoms with Crippen LogP contribution in [0.15, 0.2) is 65.6 Å². The molecule has 0 bridgehead atoms. The summed E-state index contributed by atoms with van der Waals surface area (Å²) in [5, 5.41) is 4.63. The molecule has 0 aromatic heterocycles. The molecular weight excluding hydrogens is 390 g/mol. The molecule has 0 aliphatic heterocycles. The average Bonchev–Trinajstić information content (AvgIpc) is 2.67. The van der Waals surface area contributed by atoms with Gasteiger partial charge in [-0.05, 0) is 43.0 Å². The van der Waals surface area contributed by atoms with Gasteiger partial charge in [-0.25, -0.2) is 13.2 Å². The number of sulfone groups is 1. The van der Waals surface area contributed by atoms with Gasteiger partial charge in [0.15, 0.2) is 15.9 Å². The summed E-state index contributed by atoms with van der Waals surface area (Å²) in [6, 6.07) is 17.4. The molecule has 0 saturated heterocycles. The van der Waals surface area contributed by atoms with E-state index in [0.29, 0.717) is 11.3 Å². The Morgan fingerprint density at radius 2 is 1.69 bits per heavy atom. The van der Waals surface area contributed by atoms with E-state index in [2.05, 4.69) is 5.32 Å². The second-order valence-corrected chi connectivity index (χ2v) is 8.83. The summed E-state index contributed by atoms with van der Waals surface area (Å²) in [6.45, 7) is 3.14. The van der Waals surface area contributed by atoms with E-state index in [4.69, 9.17) is 4.74 Å². The van der Waals surface area contributed by atoms with Crippen molar-refractivity contribution in [3.05, 3.63) is 71.8 Å². The van der Waals surface area contributed by atoms with Crippen LogP contribution in [0.1, 0.15) is 22.8 Å². The number of rotatable bonds is 5. The van der Waals surface area contributed by atoms with Gasteiger partial charge in [0.1, 0.15) is 0 Å². The predicted octanol–water partition coefficient (Wildman–Crippen LogP) is 3.74. The van der Waals surface area contributed by atoms with Crippen molar-refractivity contribution in [1.82, 2.24) is 0 Å². The van der Waals surface area contributed by atoms with E-state index in [9.17, 15) is 18.0 Å². The zero-order valence-electron chi connectivity index (χ0n) is 16.3. The number of esters is 1. The molecule has 0 radical (unpaired) electrons. The number of anilines is 1. The number of aryl methyl sites for hydroxylation is 1. The molecule has 3 aromatic carbocycles. The standard InChI is InChI=1S/C22H21NO5S/c1-14-11-12-17(29(3,26)27)13-19(14)22(25)28-15(2)21(24)23-20-10-6-8-16-7-4-5-9-18(16)20/h4-13,15H,1-3H3,(H,23,24)/t15-/m0/s1. The zero-order chi connectivity index (χ0) is 21.2. The summed E-state index contributed by atoms with van der Waals surface area (Å²) in [7, 11) is -3.47. The SMILES string of the molecule is Cc1ccc(S(C)(=O)=O)cc1C(=O)O[C@@H](C)C(=O)Nc1cccc2ccccc12. The van der Waals surface area contributed by atoms with Gasteiger partial charge in [0.05, 0.1) is 10.5 Å². The van der Waals surface area contributed by atoms with Crippen LogP contribution in [0.2, 0.25) is 0 Å². The third-order valence-corrected chi connectivity index (χ3v) is 5.67. The van der Waals surface area contributed by atoms with Crippen LogP contribution in [0, 0.1) is 6.92 Å². The minimum atomic E-state index is -3.47. The van der Waals surface area contributed by atoms with Gasteiger partial charge in [-0.1, -0.05) is 42.5 Å². The highest BCUT2D eigenvalue weighted by molar-refractivity contribution is 7.90. The summed E-state index contributed by atoms with van der Waals surface area (Å²) in [5.41, 5.74) is 1.29. The first kappa shape index (κ1) is 20.5. The van der Waals surface area contributed by atoms with Crippen LogP contribution in [-0.4, -0.2) is 32.7 Å². The van der Waals surface area contributed by atoms with Crippen LogP contribution in [0.4, 0.5) is 5.69 Å². The lowest BCUT2D eigenvalue weighted by atomic mass is 10.1. The first-order valence-corrected chi connectivity index (χ1v) is 10.9. The Bertz CT molecular complexity index is 1200. The summed E-state index contributed by atoms with van der Waals surface area (Å²) < 4.78 is 28.8. The fourth-order valence-corrected chi connectivity index (χ4v) is 3.55. The minimum absolute atomic E-state index is 0.0166. The molecule has 6 nitrogen and oxygen atoms in total. The third-order valence-electron chi connectivity index (χ3n) is 4.56. The van der Waals surface area contributed by atoms with Crippen molar-refractivity contribution in [3.63, 3.8) is 0 Å². The molecule has 29 heavy (non-hydrogen) atoms. The maximum absolute atomic E-state index is 12.5. The number of carbonyl (C=O) groups is 2. The van der Waals surface area contributed by atoms with E-state index in [0.717, 1.165) is 17.0 Å². The second kappa shape index (κ2) is 8.05. The first-order chi connectivity index (χ1) is 13.7. The first-order valence-electron chi connectivity index (χ1n) is 8.97. The molecule has 3 rings (SSSR count). The van der Waals surface area contributed by atoms with Crippen LogP contribution in [0.5, 0.6) is 0 Å². The Kier molecular flexibility index (Phi) is 5.70. The predicted molar refractivity (Wildman–Crippen MR) is 112 cm³/mol. The molecule has 1 atom stereocenters. The number of nitrogens with one attached hydrogen (secondary N) is 1. The van der Waals surface area contributed by atoms with Gasteiger partial charge in [-0.15, -0.1) is 0 Å². The van der Waals surface area contributed by atoms with Gasteiger partial charge >= 0.3 is 5.97 Å². The summed E-state index contributed by atoms with van der Waals surface area (Å²) in [6.07, 6.45) is -0.00436. The number of ether oxygens (including phenoxy) is 1. The number of hydrogen-bond acceptors (Lipinski definition) is 5. The Balaban J connectivity index is 1.77. The van der Waals surface area contributed by atoms with Gasteiger partial charge < -0.3 is 10.1 Å². The third kappa shape index (κ3) is 4.63. The molecular formula is C22H21NO5S. The van der Waals surface area contributed by atoms with Gasteiger partial charge in [-0.3, -0.25) is 4.79 Å². The highest BCUT2D eigenvalue weighted by Gasteiger charge is 2.22. The molecule has 0 spiro atoms. The molecule has 0 heterocycles. The monoisotopic (exact) mass is 411 g/mol. The zero-order valence-corrected chi connectivity index (χ0v) is 17.1. The van der Waals surface area contributed by atoms with Crippen molar-refractivity contribution < 1.29 is 22.7 Å². The quantitative estimate of drug-likeness (QED) is 0.646. The Morgan fingerprint density at radius 1 is 1.00 bits per heavy atom. The number of hydrogen-bond donors (Lipinski definition) is 1. The van der Waals surface area contributed by atoms with Crippen molar-refractivity contribution >= 4 is 38.2 Å². The summed E-state index contributed by atoms with van der Waals surface area (Å²) in [5.74, 6) is -1.24. The molecule has 0 fully saturated rings. The van der Waals surface area contributed by atoms with Gasteiger partial charge in [0.2, 0.25) is 0 Å². The summed E-state index contributed by atoms with van der Waals surface area (Å²) >= 11 is 0. The molecule has 1 amide bonds. The maximum Gasteiger partial charge on any atom is 0.339 e. The van der Waals surface area contributed by atoms with E-state index in [1.165, 1.54) is 25.1 Å². The molecule has 0 aliphatic rings. The Morgan fingerprint density at radius 3 is 2.41 bits per heavy atom. The number of carbonyl (C=O) groups excluding carboxylic acids is 2. The van der Waals surface area contributed by atoms with Crippen LogP contribution in [0.25, 0.3) is 10.8 Å². The van der Waals surface area contributed by atoms with Crippen molar-refractivity contribution in [1.29, 1.82) is 0 Å². The van der Waals surface area contributed by atoms with E-state index < -0.39 is 27.8 Å². The van der Waals surface area contributed by atoms with Crippen molar-refractivity contribution in [2.45, 2.75) is 24.8 Å². The number of fused-ring (bicyclic) bond motifs is 1. The molecule has 0 saturated carbocycles. The fourth-order valence-electron chi connectivity index (χ4n) is 2.90. The highest BCUT2D eigenvalue weighted by atomic mass is 32.2. The van der Waals surface area contributed by atoms with Crippen molar-refractivity contribution in [3.8, 4) is 0 Å². The van der Waals surface area contributed by atoms with E-state index in [1.807, 2.05) is 36.4 Å². The number of benzene rings is 3. The van der Waals surface area contributed by atoms with E-state index >= 15 is 0 Å². The minimum Gasteiger partial charge on any atom is -0.449 e. The van der Waals surface area contributed by atoms with Gasteiger partial charge in [0, 0.05) is 17.3 Å². The Labute approximate surface area is 169 Å². The van der Waals surface area contributed by atoms with Gasteiger partial charge in [0.25, 0.3) is 5.91 Å².